The summed E-state index contributed by atoms with van der Waals surface area (Å²) in [7, 11) is -3.05. The Labute approximate surface area is 158 Å². The number of carbonyl (C=O) groups excluding carboxylic acids is 1. The molecule has 0 saturated carbocycles. The maximum absolute atomic E-state index is 13.7. The number of amides is 1. The van der Waals surface area contributed by atoms with Crippen molar-refractivity contribution in [2.45, 2.75) is 36.9 Å². The van der Waals surface area contributed by atoms with Crippen LogP contribution in [0.2, 0.25) is 0 Å². The molecule has 1 aromatic heterocycles. The second kappa shape index (κ2) is 6.89. The zero-order chi connectivity index (χ0) is 20.9. The third-order valence-electron chi connectivity index (χ3n) is 4.56. The number of carbonyl (C=O) groups is 1. The average Bonchev–Trinajstić information content (AvgIpc) is 2.84. The van der Waals surface area contributed by atoms with Gasteiger partial charge in [0.25, 0.3) is 5.91 Å². The highest BCUT2D eigenvalue weighted by molar-refractivity contribution is 7.89. The van der Waals surface area contributed by atoms with Crippen LogP contribution in [0.25, 0.3) is 0 Å². The predicted molar refractivity (Wildman–Crippen MR) is 93.0 cm³/mol. The molecule has 2 heterocycles. The zero-order valence-electron chi connectivity index (χ0n) is 14.9. The number of halogens is 4. The molecule has 0 bridgehead atoms. The van der Waals surface area contributed by atoms with Gasteiger partial charge in [-0.05, 0) is 37.5 Å². The first-order valence-electron chi connectivity index (χ1n) is 8.25. The van der Waals surface area contributed by atoms with Crippen LogP contribution in [0.4, 0.5) is 23.2 Å². The highest BCUT2D eigenvalue weighted by atomic mass is 32.2. The maximum Gasteiger partial charge on any atom is 0.404 e. The van der Waals surface area contributed by atoms with Crippen molar-refractivity contribution in [3.8, 4) is 0 Å². The number of alkyl halides is 3. The molecule has 0 saturated heterocycles. The molecule has 11 heteroatoms. The number of nitrogens with one attached hydrogen (secondary N) is 2. The Balaban J connectivity index is 1.98. The molecule has 3 rings (SSSR count). The molecule has 2 N–H and O–H groups in total. The van der Waals surface area contributed by atoms with Crippen LogP contribution in [0.3, 0.4) is 0 Å². The molecule has 1 aliphatic rings. The van der Waals surface area contributed by atoms with Gasteiger partial charge in [0, 0.05) is 24.5 Å². The first-order valence-corrected chi connectivity index (χ1v) is 9.73. The van der Waals surface area contributed by atoms with Gasteiger partial charge in [-0.1, -0.05) is 6.07 Å². The molecular weight excluding hydrogens is 402 g/mol. The predicted octanol–water partition coefficient (Wildman–Crippen LogP) is 2.88. The zero-order valence-corrected chi connectivity index (χ0v) is 15.7. The van der Waals surface area contributed by atoms with Gasteiger partial charge in [0.1, 0.15) is 22.4 Å². The van der Waals surface area contributed by atoms with Gasteiger partial charge in [0.15, 0.2) is 0 Å². The molecule has 1 aromatic carbocycles. The number of benzene rings is 1. The molecule has 1 unspecified atom stereocenters. The minimum absolute atomic E-state index is 0.00756. The first-order chi connectivity index (χ1) is 12.9. The van der Waals surface area contributed by atoms with Crippen molar-refractivity contribution in [2.24, 2.45) is 7.05 Å². The highest BCUT2D eigenvalue weighted by Crippen LogP contribution is 2.32. The van der Waals surface area contributed by atoms with E-state index in [4.69, 9.17) is 0 Å². The average molecular weight is 419 g/mol. The Morgan fingerprint density at radius 2 is 2.00 bits per heavy atom. The number of hydrogen-bond acceptors (Lipinski definition) is 3. The van der Waals surface area contributed by atoms with E-state index < -0.39 is 40.4 Å². The smallest absolute Gasteiger partial charge is 0.345 e. The van der Waals surface area contributed by atoms with Gasteiger partial charge in [0.05, 0.1) is 0 Å². The molecule has 1 atom stereocenters. The van der Waals surface area contributed by atoms with Gasteiger partial charge in [-0.15, -0.1) is 0 Å². The van der Waals surface area contributed by atoms with Crippen LogP contribution in [0.1, 0.15) is 28.0 Å². The Morgan fingerprint density at radius 1 is 1.32 bits per heavy atom. The molecule has 0 aliphatic carbocycles. The van der Waals surface area contributed by atoms with Gasteiger partial charge >= 0.3 is 6.18 Å². The van der Waals surface area contributed by atoms with Crippen LogP contribution < -0.4 is 10.0 Å². The standard InChI is InChI=1S/C17H17F4N3O3S/c1-9-3-4-10(7-12(9)18)22-16(25)15-11-5-6-14(17(19,20)21)23-28(26,27)13(11)8-24(15)2/h3-4,7-8,14,23H,5-6H2,1-2H3,(H,22,25). The van der Waals surface area contributed by atoms with Crippen molar-refractivity contribution in [1.29, 1.82) is 0 Å². The van der Waals surface area contributed by atoms with E-state index in [2.05, 4.69) is 5.32 Å². The van der Waals surface area contributed by atoms with Crippen LogP contribution >= 0.6 is 0 Å². The monoisotopic (exact) mass is 419 g/mol. The molecule has 2 aromatic rings. The lowest BCUT2D eigenvalue weighted by Crippen LogP contribution is -2.44. The second-order valence-electron chi connectivity index (χ2n) is 6.60. The molecule has 0 fully saturated rings. The maximum atomic E-state index is 13.7. The molecule has 0 spiro atoms. The van der Waals surface area contributed by atoms with E-state index in [0.29, 0.717) is 5.56 Å². The number of aryl methyl sites for hydroxylation is 2. The lowest BCUT2D eigenvalue weighted by Gasteiger charge is -2.18. The van der Waals surface area contributed by atoms with E-state index in [1.165, 1.54) is 23.7 Å². The van der Waals surface area contributed by atoms with Gasteiger partial charge in [-0.2, -0.15) is 17.9 Å². The fraction of sp³-hybridized carbons (Fsp3) is 0.353. The van der Waals surface area contributed by atoms with E-state index >= 15 is 0 Å². The fourth-order valence-corrected chi connectivity index (χ4v) is 4.68. The van der Waals surface area contributed by atoms with Gasteiger partial charge in [0.2, 0.25) is 10.0 Å². The summed E-state index contributed by atoms with van der Waals surface area (Å²) in [6.07, 6.45) is -4.46. The summed E-state index contributed by atoms with van der Waals surface area (Å²) in [5, 5.41) is 2.46. The highest BCUT2D eigenvalue weighted by Gasteiger charge is 2.45. The number of aromatic nitrogens is 1. The summed E-state index contributed by atoms with van der Waals surface area (Å²) < 4.78 is 80.4. The Bertz CT molecular complexity index is 1040. The van der Waals surface area contributed by atoms with Crippen molar-refractivity contribution in [3.63, 3.8) is 0 Å². The number of hydrogen-bond donors (Lipinski definition) is 2. The molecular formula is C17H17F4N3O3S. The van der Waals surface area contributed by atoms with Crippen LogP contribution in [0, 0.1) is 12.7 Å². The van der Waals surface area contributed by atoms with E-state index in [0.717, 1.165) is 12.3 Å². The first kappa shape index (κ1) is 20.3. The molecule has 0 radical (unpaired) electrons. The van der Waals surface area contributed by atoms with E-state index in [-0.39, 0.29) is 28.3 Å². The van der Waals surface area contributed by atoms with E-state index in [9.17, 15) is 30.8 Å². The Morgan fingerprint density at radius 3 is 2.61 bits per heavy atom. The summed E-state index contributed by atoms with van der Waals surface area (Å²) >= 11 is 0. The van der Waals surface area contributed by atoms with Crippen LogP contribution in [0.15, 0.2) is 29.3 Å². The number of nitrogens with zero attached hydrogens (tertiary/aromatic N) is 1. The summed E-state index contributed by atoms with van der Waals surface area (Å²) in [6.45, 7) is 1.55. The number of rotatable bonds is 2. The second-order valence-corrected chi connectivity index (χ2v) is 8.29. The van der Waals surface area contributed by atoms with Crippen LogP contribution in [-0.4, -0.2) is 31.1 Å². The molecule has 152 valence electrons. The van der Waals surface area contributed by atoms with Gasteiger partial charge < -0.3 is 9.88 Å². The van der Waals surface area contributed by atoms with E-state index in [1.54, 1.807) is 11.6 Å². The summed E-state index contributed by atoms with van der Waals surface area (Å²) in [4.78, 5) is 12.3. The Kier molecular flexibility index (Phi) is 5.00. The fourth-order valence-electron chi connectivity index (χ4n) is 3.11. The Hall–Kier alpha value is -2.40. The minimum atomic E-state index is -4.75. The quantitative estimate of drug-likeness (QED) is 0.735. The normalized spacial score (nSPS) is 19.0. The molecule has 6 nitrogen and oxygen atoms in total. The van der Waals surface area contributed by atoms with Crippen molar-refractivity contribution in [2.75, 3.05) is 5.32 Å². The third-order valence-corrected chi connectivity index (χ3v) is 6.08. The van der Waals surface area contributed by atoms with Gasteiger partial charge in [-0.3, -0.25) is 4.79 Å². The van der Waals surface area contributed by atoms with Crippen molar-refractivity contribution < 1.29 is 30.8 Å². The largest absolute Gasteiger partial charge is 0.404 e. The minimum Gasteiger partial charge on any atom is -0.345 e. The number of fused-ring (bicyclic) bond motifs is 1. The lowest BCUT2D eigenvalue weighted by atomic mass is 10.1. The number of sulfonamides is 1. The molecule has 1 amide bonds. The van der Waals surface area contributed by atoms with Crippen molar-refractivity contribution in [1.82, 2.24) is 9.29 Å². The summed E-state index contributed by atoms with van der Waals surface area (Å²) in [5.74, 6) is -1.28. The lowest BCUT2D eigenvalue weighted by molar-refractivity contribution is -0.152. The molecule has 28 heavy (non-hydrogen) atoms. The SMILES string of the molecule is Cc1ccc(NC(=O)c2c3c(cn2C)S(=O)(=O)NC(C(F)(F)F)CC3)cc1F. The summed E-state index contributed by atoms with van der Waals surface area (Å²) in [5.41, 5.74) is 0.419. The van der Waals surface area contributed by atoms with Crippen LogP contribution in [-0.2, 0) is 23.5 Å². The van der Waals surface area contributed by atoms with Crippen LogP contribution in [0.5, 0.6) is 0 Å². The van der Waals surface area contributed by atoms with E-state index in [1.807, 2.05) is 0 Å². The van der Waals surface area contributed by atoms with Gasteiger partial charge in [-0.25, -0.2) is 12.8 Å². The third kappa shape index (κ3) is 3.76. The summed E-state index contributed by atoms with van der Waals surface area (Å²) in [6, 6.07) is 1.79. The number of anilines is 1. The van der Waals surface area contributed by atoms with Crippen molar-refractivity contribution in [3.05, 3.63) is 47.0 Å². The molecule has 1 aliphatic heterocycles. The topological polar surface area (TPSA) is 80.2 Å². The van der Waals surface area contributed by atoms with Crippen molar-refractivity contribution >= 4 is 21.6 Å².